The molecule has 78 valence electrons. The summed E-state index contributed by atoms with van der Waals surface area (Å²) in [6.07, 6.45) is 5.17. The molecule has 0 radical (unpaired) electrons. The Labute approximate surface area is 87.7 Å². The molecule has 0 atom stereocenters. The summed E-state index contributed by atoms with van der Waals surface area (Å²) in [6, 6.07) is 1.43. The van der Waals surface area contributed by atoms with Gasteiger partial charge in [-0.3, -0.25) is 9.55 Å². The van der Waals surface area contributed by atoms with Crippen LogP contribution in [-0.4, -0.2) is 15.6 Å². The molecule has 4 heteroatoms. The van der Waals surface area contributed by atoms with Gasteiger partial charge in [0.05, 0.1) is 11.7 Å². The van der Waals surface area contributed by atoms with Crippen molar-refractivity contribution in [2.75, 3.05) is 0 Å². The molecule has 0 aliphatic heterocycles. The van der Waals surface area contributed by atoms with Crippen molar-refractivity contribution in [3.8, 4) is 0 Å². The summed E-state index contributed by atoms with van der Waals surface area (Å²) in [7, 11) is 0. The number of nitrogens with zero attached hydrogens (tertiary/aromatic N) is 2. The minimum atomic E-state index is -0.472. The fourth-order valence-electron chi connectivity index (χ4n) is 1.74. The third-order valence-electron chi connectivity index (χ3n) is 2.50. The lowest BCUT2D eigenvalue weighted by Crippen LogP contribution is -2.18. The Morgan fingerprint density at radius 2 is 2.27 bits per heavy atom. The van der Waals surface area contributed by atoms with Gasteiger partial charge >= 0.3 is 6.03 Å². The van der Waals surface area contributed by atoms with Crippen molar-refractivity contribution in [3.05, 3.63) is 30.2 Å². The number of hydrogen-bond acceptors (Lipinski definition) is 2. The summed E-state index contributed by atoms with van der Waals surface area (Å²) in [5.41, 5.74) is 7.18. The van der Waals surface area contributed by atoms with E-state index in [1.165, 1.54) is 4.57 Å². The molecule has 2 N–H and O–H groups in total. The molecule has 0 aliphatic rings. The number of amides is 1. The number of nitrogens with two attached hydrogens (primary N) is 1. The predicted octanol–water partition coefficient (Wildman–Crippen LogP) is 2.09. The minimum absolute atomic E-state index is 0.357. The second kappa shape index (κ2) is 3.38. The first-order valence-electron chi connectivity index (χ1n) is 4.86. The van der Waals surface area contributed by atoms with Gasteiger partial charge in [0.2, 0.25) is 0 Å². The first-order valence-corrected chi connectivity index (χ1v) is 4.86. The Morgan fingerprint density at radius 1 is 1.53 bits per heavy atom. The van der Waals surface area contributed by atoms with Gasteiger partial charge in [-0.05, 0) is 17.5 Å². The third kappa shape index (κ3) is 1.48. The number of carbonyl (C=O) groups is 1. The Morgan fingerprint density at radius 3 is 2.87 bits per heavy atom. The van der Waals surface area contributed by atoms with E-state index in [1.807, 2.05) is 6.07 Å². The summed E-state index contributed by atoms with van der Waals surface area (Å²) in [4.78, 5) is 15.2. The molecule has 0 aromatic carbocycles. The van der Waals surface area contributed by atoms with Crippen LogP contribution in [0.1, 0.15) is 25.3 Å². The van der Waals surface area contributed by atoms with E-state index in [0.717, 1.165) is 16.5 Å². The lowest BCUT2D eigenvalue weighted by atomic mass is 10.0. The highest BCUT2D eigenvalue weighted by Crippen LogP contribution is 2.26. The van der Waals surface area contributed by atoms with Crippen LogP contribution in [0.15, 0.2) is 24.7 Å². The average Bonchev–Trinajstić information content (AvgIpc) is 2.56. The molecule has 0 unspecified atom stereocenters. The van der Waals surface area contributed by atoms with E-state index in [4.69, 9.17) is 5.73 Å². The van der Waals surface area contributed by atoms with Crippen molar-refractivity contribution in [3.63, 3.8) is 0 Å². The quantitative estimate of drug-likeness (QED) is 0.771. The second-order valence-electron chi connectivity index (χ2n) is 3.84. The molecule has 2 aromatic rings. The Bertz CT molecular complexity index is 514. The molecule has 0 aliphatic carbocycles. The number of fused-ring (bicyclic) bond motifs is 1. The molecule has 2 aromatic heterocycles. The highest BCUT2D eigenvalue weighted by atomic mass is 16.2. The second-order valence-corrected chi connectivity index (χ2v) is 3.84. The van der Waals surface area contributed by atoms with Gasteiger partial charge in [-0.2, -0.15) is 0 Å². The summed E-state index contributed by atoms with van der Waals surface area (Å²) in [6.45, 7) is 4.17. The van der Waals surface area contributed by atoms with Gasteiger partial charge in [0.25, 0.3) is 0 Å². The Kier molecular flexibility index (Phi) is 2.19. The van der Waals surface area contributed by atoms with Crippen LogP contribution in [0, 0.1) is 0 Å². The van der Waals surface area contributed by atoms with Gasteiger partial charge in [0.1, 0.15) is 0 Å². The normalized spacial score (nSPS) is 11.1. The van der Waals surface area contributed by atoms with Gasteiger partial charge < -0.3 is 5.73 Å². The van der Waals surface area contributed by atoms with Gasteiger partial charge in [-0.1, -0.05) is 13.8 Å². The van der Waals surface area contributed by atoms with Crippen LogP contribution < -0.4 is 5.73 Å². The number of carbonyl (C=O) groups excluding carboxylic acids is 1. The zero-order valence-electron chi connectivity index (χ0n) is 8.77. The SMILES string of the molecule is CC(C)c1cn(C(N)=O)c2cnccc12. The van der Waals surface area contributed by atoms with Gasteiger partial charge in [-0.15, -0.1) is 0 Å². The van der Waals surface area contributed by atoms with E-state index in [2.05, 4.69) is 18.8 Å². The molecule has 4 nitrogen and oxygen atoms in total. The lowest BCUT2D eigenvalue weighted by Gasteiger charge is -2.00. The molecular weight excluding hydrogens is 190 g/mol. The molecule has 0 spiro atoms. The fourth-order valence-corrected chi connectivity index (χ4v) is 1.74. The van der Waals surface area contributed by atoms with Crippen LogP contribution in [0.3, 0.4) is 0 Å². The molecule has 0 fully saturated rings. The van der Waals surface area contributed by atoms with E-state index in [-0.39, 0.29) is 0 Å². The Balaban J connectivity index is 2.79. The third-order valence-corrected chi connectivity index (χ3v) is 2.50. The van der Waals surface area contributed by atoms with Crippen molar-refractivity contribution < 1.29 is 4.79 Å². The molecule has 2 heterocycles. The van der Waals surface area contributed by atoms with E-state index >= 15 is 0 Å². The van der Waals surface area contributed by atoms with Crippen molar-refractivity contribution in [1.82, 2.24) is 9.55 Å². The van der Waals surface area contributed by atoms with Crippen LogP contribution >= 0.6 is 0 Å². The van der Waals surface area contributed by atoms with Crippen LogP contribution in [0.4, 0.5) is 4.79 Å². The van der Waals surface area contributed by atoms with Crippen LogP contribution in [0.25, 0.3) is 10.9 Å². The van der Waals surface area contributed by atoms with E-state index < -0.39 is 6.03 Å². The van der Waals surface area contributed by atoms with Crippen LogP contribution in [-0.2, 0) is 0 Å². The van der Waals surface area contributed by atoms with Gasteiger partial charge in [0.15, 0.2) is 0 Å². The number of pyridine rings is 1. The first-order chi connectivity index (χ1) is 7.11. The van der Waals surface area contributed by atoms with Crippen molar-refractivity contribution >= 4 is 16.9 Å². The molecule has 1 amide bonds. The fraction of sp³-hybridized carbons (Fsp3) is 0.273. The monoisotopic (exact) mass is 203 g/mol. The van der Waals surface area contributed by atoms with E-state index in [9.17, 15) is 4.79 Å². The highest BCUT2D eigenvalue weighted by molar-refractivity contribution is 5.92. The van der Waals surface area contributed by atoms with Crippen molar-refractivity contribution in [2.45, 2.75) is 19.8 Å². The first kappa shape index (κ1) is 9.71. The van der Waals surface area contributed by atoms with Crippen molar-refractivity contribution in [2.24, 2.45) is 5.73 Å². The number of rotatable bonds is 1. The predicted molar refractivity (Wildman–Crippen MR) is 58.8 cm³/mol. The van der Waals surface area contributed by atoms with E-state index in [1.54, 1.807) is 18.6 Å². The number of primary amides is 1. The summed E-state index contributed by atoms with van der Waals surface area (Å²) < 4.78 is 1.44. The lowest BCUT2D eigenvalue weighted by molar-refractivity contribution is 0.251. The van der Waals surface area contributed by atoms with Gasteiger partial charge in [-0.25, -0.2) is 4.79 Å². The van der Waals surface area contributed by atoms with Crippen LogP contribution in [0.5, 0.6) is 0 Å². The summed E-state index contributed by atoms with van der Waals surface area (Å²) in [5.74, 6) is 0.357. The maximum Gasteiger partial charge on any atom is 0.323 e. The maximum absolute atomic E-state index is 11.2. The van der Waals surface area contributed by atoms with Crippen LogP contribution in [0.2, 0.25) is 0 Å². The zero-order valence-corrected chi connectivity index (χ0v) is 8.77. The minimum Gasteiger partial charge on any atom is -0.351 e. The molecule has 0 saturated heterocycles. The molecule has 0 saturated carbocycles. The van der Waals surface area contributed by atoms with E-state index in [0.29, 0.717) is 5.92 Å². The number of aromatic nitrogens is 2. The standard InChI is InChI=1S/C11H13N3O/c1-7(2)9-6-14(11(12)15)10-5-13-4-3-8(9)10/h3-7H,1-2H3,(H2,12,15). The topological polar surface area (TPSA) is 60.9 Å². The maximum atomic E-state index is 11.2. The molecule has 15 heavy (non-hydrogen) atoms. The largest absolute Gasteiger partial charge is 0.351 e. The zero-order chi connectivity index (χ0) is 11.0. The van der Waals surface area contributed by atoms with Crippen molar-refractivity contribution in [1.29, 1.82) is 0 Å². The smallest absolute Gasteiger partial charge is 0.323 e. The summed E-state index contributed by atoms with van der Waals surface area (Å²) >= 11 is 0. The molecule has 2 rings (SSSR count). The Hall–Kier alpha value is -1.84. The molecular formula is C11H13N3O. The average molecular weight is 203 g/mol. The highest BCUT2D eigenvalue weighted by Gasteiger charge is 2.13. The molecule has 0 bridgehead atoms. The number of hydrogen-bond donors (Lipinski definition) is 1. The van der Waals surface area contributed by atoms with Gasteiger partial charge in [0, 0.05) is 17.8 Å². The summed E-state index contributed by atoms with van der Waals surface area (Å²) in [5, 5.41) is 1.04.